The summed E-state index contributed by atoms with van der Waals surface area (Å²) in [5.74, 6) is 0. The fourth-order valence-corrected chi connectivity index (χ4v) is 1.87. The highest BCUT2D eigenvalue weighted by Gasteiger charge is 2.07. The lowest BCUT2D eigenvalue weighted by Crippen LogP contribution is -2.35. The van der Waals surface area contributed by atoms with Gasteiger partial charge in [-0.3, -0.25) is 4.90 Å². The smallest absolute Gasteiger partial charge is 0.0795 e. The molecule has 5 heteroatoms. The lowest BCUT2D eigenvalue weighted by molar-refractivity contribution is 0.123. The third-order valence-corrected chi connectivity index (χ3v) is 2.51. The molecule has 0 aliphatic rings. The Balaban J connectivity index is 2.25. The summed E-state index contributed by atoms with van der Waals surface area (Å²) in [4.78, 5) is 6.26. The van der Waals surface area contributed by atoms with Gasteiger partial charge < -0.3 is 10.4 Å². The van der Waals surface area contributed by atoms with Crippen molar-refractivity contribution in [3.63, 3.8) is 0 Å². The molecule has 0 aromatic carbocycles. The Hall–Kier alpha value is -0.490. The van der Waals surface area contributed by atoms with Crippen molar-refractivity contribution >= 4 is 11.3 Å². The van der Waals surface area contributed by atoms with Gasteiger partial charge in [0.05, 0.1) is 17.3 Å². The number of rotatable bonds is 6. The van der Waals surface area contributed by atoms with E-state index in [0.717, 1.165) is 12.2 Å². The van der Waals surface area contributed by atoms with Crippen LogP contribution in [0, 0.1) is 0 Å². The zero-order chi connectivity index (χ0) is 10.4. The van der Waals surface area contributed by atoms with Crippen molar-refractivity contribution in [3.8, 4) is 0 Å². The standard InChI is InChI=1S/C9H17N3OS/c1-10-3-9(13)5-12(2)4-8-6-14-7-11-8/h6-7,9-10,13H,3-5H2,1-2H3. The van der Waals surface area contributed by atoms with Gasteiger partial charge in [0, 0.05) is 25.0 Å². The molecular formula is C9H17N3OS. The summed E-state index contributed by atoms with van der Waals surface area (Å²) < 4.78 is 0. The predicted octanol–water partition coefficient (Wildman–Crippen LogP) is 0.155. The van der Waals surface area contributed by atoms with E-state index in [-0.39, 0.29) is 6.10 Å². The van der Waals surface area contributed by atoms with E-state index in [1.807, 2.05) is 25.0 Å². The van der Waals surface area contributed by atoms with Crippen molar-refractivity contribution < 1.29 is 5.11 Å². The second-order valence-electron chi connectivity index (χ2n) is 3.39. The third-order valence-electron chi connectivity index (χ3n) is 1.88. The van der Waals surface area contributed by atoms with Gasteiger partial charge in [-0.1, -0.05) is 0 Å². The van der Waals surface area contributed by atoms with E-state index in [4.69, 9.17) is 0 Å². The minimum atomic E-state index is -0.316. The van der Waals surface area contributed by atoms with E-state index in [1.54, 1.807) is 11.3 Å². The number of hydrogen-bond donors (Lipinski definition) is 2. The number of thiazole rings is 1. The number of nitrogens with one attached hydrogen (secondary N) is 1. The molecule has 80 valence electrons. The highest BCUT2D eigenvalue weighted by atomic mass is 32.1. The Morgan fingerprint density at radius 1 is 1.71 bits per heavy atom. The molecular weight excluding hydrogens is 198 g/mol. The van der Waals surface area contributed by atoms with Gasteiger partial charge in [-0.15, -0.1) is 11.3 Å². The number of aliphatic hydroxyl groups excluding tert-OH is 1. The highest BCUT2D eigenvalue weighted by Crippen LogP contribution is 2.04. The molecule has 0 aliphatic carbocycles. The average Bonchev–Trinajstić information content (AvgIpc) is 2.56. The first-order valence-corrected chi connectivity index (χ1v) is 5.55. The molecule has 0 amide bonds. The molecule has 1 rings (SSSR count). The SMILES string of the molecule is CNCC(O)CN(C)Cc1cscn1. The Kier molecular flexibility index (Phi) is 5.03. The van der Waals surface area contributed by atoms with Crippen LogP contribution in [0.1, 0.15) is 5.69 Å². The molecule has 1 unspecified atom stereocenters. The van der Waals surface area contributed by atoms with Crippen molar-refractivity contribution in [2.45, 2.75) is 12.6 Å². The van der Waals surface area contributed by atoms with Gasteiger partial charge in [0.2, 0.25) is 0 Å². The van der Waals surface area contributed by atoms with Crippen LogP contribution in [0.2, 0.25) is 0 Å². The van der Waals surface area contributed by atoms with E-state index in [1.165, 1.54) is 0 Å². The molecule has 0 saturated carbocycles. The van der Waals surface area contributed by atoms with Gasteiger partial charge in [-0.05, 0) is 14.1 Å². The normalized spacial score (nSPS) is 13.4. The lowest BCUT2D eigenvalue weighted by Gasteiger charge is -2.19. The topological polar surface area (TPSA) is 48.4 Å². The summed E-state index contributed by atoms with van der Waals surface area (Å²) in [7, 11) is 3.82. The molecule has 0 fully saturated rings. The van der Waals surface area contributed by atoms with Crippen LogP contribution < -0.4 is 5.32 Å². The zero-order valence-electron chi connectivity index (χ0n) is 8.60. The molecule has 1 aromatic rings. The molecule has 0 aliphatic heterocycles. The number of aliphatic hydroxyl groups is 1. The molecule has 2 N–H and O–H groups in total. The maximum absolute atomic E-state index is 9.53. The molecule has 0 spiro atoms. The molecule has 1 aromatic heterocycles. The highest BCUT2D eigenvalue weighted by molar-refractivity contribution is 7.07. The van der Waals surface area contributed by atoms with Gasteiger partial charge >= 0.3 is 0 Å². The number of likely N-dealkylation sites (N-methyl/N-ethyl adjacent to an activating group) is 2. The maximum Gasteiger partial charge on any atom is 0.0795 e. The van der Waals surface area contributed by atoms with Crippen LogP contribution in [0.5, 0.6) is 0 Å². The second-order valence-corrected chi connectivity index (χ2v) is 4.11. The summed E-state index contributed by atoms with van der Waals surface area (Å²) in [6, 6.07) is 0. The van der Waals surface area contributed by atoms with Crippen molar-refractivity contribution in [1.29, 1.82) is 0 Å². The summed E-state index contributed by atoms with van der Waals surface area (Å²) in [6.45, 7) is 2.09. The van der Waals surface area contributed by atoms with Crippen LogP contribution in [0.3, 0.4) is 0 Å². The minimum Gasteiger partial charge on any atom is -0.390 e. The van der Waals surface area contributed by atoms with Crippen molar-refractivity contribution in [1.82, 2.24) is 15.2 Å². The summed E-state index contributed by atoms with van der Waals surface area (Å²) in [5.41, 5.74) is 2.89. The molecule has 4 nitrogen and oxygen atoms in total. The monoisotopic (exact) mass is 215 g/mol. The Morgan fingerprint density at radius 3 is 3.07 bits per heavy atom. The minimum absolute atomic E-state index is 0.316. The van der Waals surface area contributed by atoms with E-state index >= 15 is 0 Å². The maximum atomic E-state index is 9.53. The third kappa shape index (κ3) is 4.15. The Labute approximate surface area is 88.6 Å². The van der Waals surface area contributed by atoms with Crippen LogP contribution in [0.15, 0.2) is 10.9 Å². The summed E-state index contributed by atoms with van der Waals surface area (Å²) in [5, 5.41) is 14.5. The van der Waals surface area contributed by atoms with Gasteiger partial charge in [-0.2, -0.15) is 0 Å². The largest absolute Gasteiger partial charge is 0.390 e. The first-order valence-electron chi connectivity index (χ1n) is 4.60. The van der Waals surface area contributed by atoms with E-state index < -0.39 is 0 Å². The van der Waals surface area contributed by atoms with E-state index in [0.29, 0.717) is 13.1 Å². The van der Waals surface area contributed by atoms with Gasteiger partial charge in [0.25, 0.3) is 0 Å². The Morgan fingerprint density at radius 2 is 2.50 bits per heavy atom. The van der Waals surface area contributed by atoms with Crippen molar-refractivity contribution in [2.24, 2.45) is 0 Å². The van der Waals surface area contributed by atoms with Gasteiger partial charge in [-0.25, -0.2) is 4.98 Å². The first-order chi connectivity index (χ1) is 6.72. The summed E-state index contributed by atoms with van der Waals surface area (Å²) >= 11 is 1.60. The van der Waals surface area contributed by atoms with Crippen LogP contribution in [-0.2, 0) is 6.54 Å². The number of aromatic nitrogens is 1. The average molecular weight is 215 g/mol. The summed E-state index contributed by atoms with van der Waals surface area (Å²) in [6.07, 6.45) is -0.316. The van der Waals surface area contributed by atoms with E-state index in [2.05, 4.69) is 15.2 Å². The molecule has 1 heterocycles. The lowest BCUT2D eigenvalue weighted by atomic mass is 10.3. The van der Waals surface area contributed by atoms with E-state index in [9.17, 15) is 5.11 Å². The predicted molar refractivity (Wildman–Crippen MR) is 58.4 cm³/mol. The fraction of sp³-hybridized carbons (Fsp3) is 0.667. The van der Waals surface area contributed by atoms with Crippen molar-refractivity contribution in [2.75, 3.05) is 27.2 Å². The molecule has 0 bridgehead atoms. The quantitative estimate of drug-likeness (QED) is 0.709. The number of hydrogen-bond acceptors (Lipinski definition) is 5. The molecule has 14 heavy (non-hydrogen) atoms. The fourth-order valence-electron chi connectivity index (χ4n) is 1.32. The molecule has 0 saturated heterocycles. The molecule has 0 radical (unpaired) electrons. The second kappa shape index (κ2) is 6.08. The van der Waals surface area contributed by atoms with Crippen LogP contribution in [0.4, 0.5) is 0 Å². The van der Waals surface area contributed by atoms with Gasteiger partial charge in [0.15, 0.2) is 0 Å². The van der Waals surface area contributed by atoms with Crippen LogP contribution >= 0.6 is 11.3 Å². The Bertz CT molecular complexity index is 240. The zero-order valence-corrected chi connectivity index (χ0v) is 9.42. The van der Waals surface area contributed by atoms with Gasteiger partial charge in [0.1, 0.15) is 0 Å². The van der Waals surface area contributed by atoms with Crippen molar-refractivity contribution in [3.05, 3.63) is 16.6 Å². The van der Waals surface area contributed by atoms with Crippen LogP contribution in [-0.4, -0.2) is 48.3 Å². The molecule has 1 atom stereocenters. The number of nitrogens with zero attached hydrogens (tertiary/aromatic N) is 2. The first kappa shape index (κ1) is 11.6. The van der Waals surface area contributed by atoms with Crippen LogP contribution in [0.25, 0.3) is 0 Å².